The fourth-order valence-corrected chi connectivity index (χ4v) is 4.25. The SMILES string of the molecule is CN(C)C(=O)CN=C(NCCc1ccco1)N1CCC(CSc2ccccc2)C1. The number of amides is 1. The van der Waals surface area contributed by atoms with Gasteiger partial charge in [0.05, 0.1) is 6.26 Å². The minimum absolute atomic E-state index is 0.00529. The van der Waals surface area contributed by atoms with Crippen LogP contribution in [-0.2, 0) is 11.2 Å². The van der Waals surface area contributed by atoms with Crippen molar-refractivity contribution in [2.45, 2.75) is 17.7 Å². The van der Waals surface area contributed by atoms with Crippen molar-refractivity contribution in [1.82, 2.24) is 15.1 Å². The van der Waals surface area contributed by atoms with Crippen LogP contribution in [0.2, 0.25) is 0 Å². The number of nitrogens with one attached hydrogen (secondary N) is 1. The molecule has 2 aromatic rings. The van der Waals surface area contributed by atoms with E-state index in [-0.39, 0.29) is 12.5 Å². The number of furan rings is 1. The van der Waals surface area contributed by atoms with E-state index in [2.05, 4.69) is 39.5 Å². The van der Waals surface area contributed by atoms with Crippen LogP contribution in [0.25, 0.3) is 0 Å². The van der Waals surface area contributed by atoms with Gasteiger partial charge in [0.1, 0.15) is 12.3 Å². The Morgan fingerprint density at radius 3 is 2.83 bits per heavy atom. The molecule has 7 heteroatoms. The first-order valence-electron chi connectivity index (χ1n) is 10.1. The normalized spacial score (nSPS) is 16.8. The second kappa shape index (κ2) is 11.0. The van der Waals surface area contributed by atoms with E-state index in [1.165, 1.54) is 4.90 Å². The molecule has 1 amide bonds. The van der Waals surface area contributed by atoms with Crippen LogP contribution in [0.3, 0.4) is 0 Å². The molecule has 2 heterocycles. The Balaban J connectivity index is 1.54. The van der Waals surface area contributed by atoms with Crippen LogP contribution in [0, 0.1) is 5.92 Å². The van der Waals surface area contributed by atoms with Gasteiger partial charge in [-0.15, -0.1) is 11.8 Å². The summed E-state index contributed by atoms with van der Waals surface area (Å²) in [4.78, 5) is 21.8. The summed E-state index contributed by atoms with van der Waals surface area (Å²) in [7, 11) is 3.52. The molecule has 0 radical (unpaired) electrons. The van der Waals surface area contributed by atoms with Crippen molar-refractivity contribution >= 4 is 23.6 Å². The molecule has 1 aromatic heterocycles. The molecule has 0 aliphatic carbocycles. The third kappa shape index (κ3) is 6.85. The minimum atomic E-state index is 0.00529. The highest BCUT2D eigenvalue weighted by Crippen LogP contribution is 2.25. The van der Waals surface area contributed by atoms with Crippen LogP contribution >= 0.6 is 11.8 Å². The Labute approximate surface area is 177 Å². The van der Waals surface area contributed by atoms with E-state index in [1.807, 2.05) is 30.0 Å². The Morgan fingerprint density at radius 1 is 1.28 bits per heavy atom. The molecule has 1 atom stereocenters. The largest absolute Gasteiger partial charge is 0.469 e. The second-order valence-corrected chi connectivity index (χ2v) is 8.50. The number of aliphatic imine (C=N–C) groups is 1. The summed E-state index contributed by atoms with van der Waals surface area (Å²) in [6, 6.07) is 14.4. The van der Waals surface area contributed by atoms with Crippen LogP contribution in [0.1, 0.15) is 12.2 Å². The van der Waals surface area contributed by atoms with Crippen LogP contribution in [0.15, 0.2) is 63.0 Å². The number of hydrogen-bond donors (Lipinski definition) is 1. The first-order chi connectivity index (χ1) is 14.1. The number of likely N-dealkylation sites (N-methyl/N-ethyl adjacent to an activating group) is 1. The lowest BCUT2D eigenvalue weighted by Gasteiger charge is -2.22. The molecular weight excluding hydrogens is 384 g/mol. The van der Waals surface area contributed by atoms with Crippen molar-refractivity contribution < 1.29 is 9.21 Å². The Bertz CT molecular complexity index is 777. The molecule has 3 rings (SSSR count). The van der Waals surface area contributed by atoms with Gasteiger partial charge in [-0.25, -0.2) is 4.99 Å². The first kappa shape index (κ1) is 21.3. The van der Waals surface area contributed by atoms with E-state index in [0.717, 1.165) is 49.9 Å². The van der Waals surface area contributed by atoms with Gasteiger partial charge in [0, 0.05) is 50.8 Å². The summed E-state index contributed by atoms with van der Waals surface area (Å²) in [5.74, 6) is 3.47. The number of nitrogens with zero attached hydrogens (tertiary/aromatic N) is 3. The highest BCUT2D eigenvalue weighted by atomic mass is 32.2. The van der Waals surface area contributed by atoms with E-state index in [1.54, 1.807) is 25.3 Å². The van der Waals surface area contributed by atoms with E-state index in [9.17, 15) is 4.79 Å². The smallest absolute Gasteiger partial charge is 0.243 e. The number of hydrogen-bond acceptors (Lipinski definition) is 4. The molecule has 0 bridgehead atoms. The number of likely N-dealkylation sites (tertiary alicyclic amines) is 1. The summed E-state index contributed by atoms with van der Waals surface area (Å²) in [5, 5.41) is 3.43. The molecule has 6 nitrogen and oxygen atoms in total. The molecule has 1 fully saturated rings. The van der Waals surface area contributed by atoms with Crippen molar-refractivity contribution in [3.8, 4) is 0 Å². The summed E-state index contributed by atoms with van der Waals surface area (Å²) in [6.07, 6.45) is 3.62. The number of carbonyl (C=O) groups is 1. The zero-order valence-electron chi connectivity index (χ0n) is 17.2. The zero-order valence-corrected chi connectivity index (χ0v) is 18.0. The molecule has 0 spiro atoms. The lowest BCUT2D eigenvalue weighted by molar-refractivity contribution is -0.127. The lowest BCUT2D eigenvalue weighted by atomic mass is 10.2. The zero-order chi connectivity index (χ0) is 20.5. The first-order valence-corrected chi connectivity index (χ1v) is 11.0. The number of rotatable bonds is 8. The van der Waals surface area contributed by atoms with E-state index < -0.39 is 0 Å². The van der Waals surface area contributed by atoms with Gasteiger partial charge in [0.25, 0.3) is 0 Å². The third-order valence-corrected chi connectivity index (χ3v) is 6.16. The third-order valence-electron chi connectivity index (χ3n) is 4.91. The Morgan fingerprint density at radius 2 is 2.10 bits per heavy atom. The highest BCUT2D eigenvalue weighted by molar-refractivity contribution is 7.99. The number of guanidine groups is 1. The van der Waals surface area contributed by atoms with Gasteiger partial charge < -0.3 is 19.5 Å². The van der Waals surface area contributed by atoms with Crippen LogP contribution < -0.4 is 5.32 Å². The summed E-state index contributed by atoms with van der Waals surface area (Å²) >= 11 is 1.91. The van der Waals surface area contributed by atoms with E-state index in [0.29, 0.717) is 5.92 Å². The Kier molecular flexibility index (Phi) is 8.04. The lowest BCUT2D eigenvalue weighted by Crippen LogP contribution is -2.42. The molecule has 1 aliphatic rings. The average Bonchev–Trinajstić information content (AvgIpc) is 3.41. The van der Waals surface area contributed by atoms with Crippen LogP contribution in [0.4, 0.5) is 0 Å². The molecule has 1 aliphatic heterocycles. The molecule has 1 unspecified atom stereocenters. The maximum Gasteiger partial charge on any atom is 0.243 e. The van der Waals surface area contributed by atoms with Gasteiger partial charge in [-0.05, 0) is 36.6 Å². The maximum absolute atomic E-state index is 12.0. The molecule has 29 heavy (non-hydrogen) atoms. The molecule has 1 aromatic carbocycles. The van der Waals surface area contributed by atoms with Crippen molar-refractivity contribution in [2.75, 3.05) is 46.0 Å². The standard InChI is InChI=1S/C22H30N4O2S/c1-25(2)21(27)15-24-22(23-12-10-19-7-6-14-28-19)26-13-11-18(16-26)17-29-20-8-4-3-5-9-20/h3-9,14,18H,10-13,15-17H2,1-2H3,(H,23,24). The molecule has 156 valence electrons. The fourth-order valence-electron chi connectivity index (χ4n) is 3.20. The molecule has 0 saturated carbocycles. The van der Waals surface area contributed by atoms with Gasteiger partial charge in [-0.1, -0.05) is 18.2 Å². The van der Waals surface area contributed by atoms with Gasteiger partial charge in [-0.3, -0.25) is 4.79 Å². The molecule has 1 N–H and O–H groups in total. The number of thioether (sulfide) groups is 1. The van der Waals surface area contributed by atoms with Gasteiger partial charge in [0.2, 0.25) is 5.91 Å². The second-order valence-electron chi connectivity index (χ2n) is 7.41. The number of benzene rings is 1. The van der Waals surface area contributed by atoms with Crippen molar-refractivity contribution in [3.63, 3.8) is 0 Å². The fraction of sp³-hybridized carbons (Fsp3) is 0.455. The maximum atomic E-state index is 12.0. The van der Waals surface area contributed by atoms with Crippen molar-refractivity contribution in [2.24, 2.45) is 10.9 Å². The van der Waals surface area contributed by atoms with Gasteiger partial charge >= 0.3 is 0 Å². The summed E-state index contributed by atoms with van der Waals surface area (Å²) in [6.45, 7) is 2.81. The predicted octanol–water partition coefficient (Wildman–Crippen LogP) is 2.97. The van der Waals surface area contributed by atoms with E-state index >= 15 is 0 Å². The van der Waals surface area contributed by atoms with Crippen LogP contribution in [0.5, 0.6) is 0 Å². The highest BCUT2D eigenvalue weighted by Gasteiger charge is 2.25. The minimum Gasteiger partial charge on any atom is -0.469 e. The summed E-state index contributed by atoms with van der Waals surface area (Å²) in [5.41, 5.74) is 0. The monoisotopic (exact) mass is 414 g/mol. The van der Waals surface area contributed by atoms with Crippen molar-refractivity contribution in [3.05, 3.63) is 54.5 Å². The predicted molar refractivity (Wildman–Crippen MR) is 118 cm³/mol. The Hall–Kier alpha value is -2.41. The van der Waals surface area contributed by atoms with Crippen molar-refractivity contribution in [1.29, 1.82) is 0 Å². The molecular formula is C22H30N4O2S. The molecule has 1 saturated heterocycles. The summed E-state index contributed by atoms with van der Waals surface area (Å²) < 4.78 is 5.40. The van der Waals surface area contributed by atoms with Gasteiger partial charge in [0.15, 0.2) is 5.96 Å². The van der Waals surface area contributed by atoms with E-state index in [4.69, 9.17) is 4.42 Å². The number of carbonyl (C=O) groups excluding carboxylic acids is 1. The average molecular weight is 415 g/mol. The topological polar surface area (TPSA) is 61.1 Å². The quantitative estimate of drug-likeness (QED) is 0.409. The van der Waals surface area contributed by atoms with Crippen LogP contribution in [-0.4, -0.2) is 67.7 Å². The van der Waals surface area contributed by atoms with Gasteiger partial charge in [-0.2, -0.15) is 0 Å².